The Morgan fingerprint density at radius 1 is 1.11 bits per heavy atom. The van der Waals surface area contributed by atoms with E-state index in [1.54, 1.807) is 6.07 Å². The molecule has 0 saturated carbocycles. The summed E-state index contributed by atoms with van der Waals surface area (Å²) >= 11 is 1.37. The van der Waals surface area contributed by atoms with Gasteiger partial charge in [0.1, 0.15) is 6.04 Å². The molecule has 1 aromatic carbocycles. The van der Waals surface area contributed by atoms with Gasteiger partial charge in [-0.25, -0.2) is 0 Å². The fraction of sp³-hybridized carbons (Fsp3) is 0.481. The molecule has 3 N–H and O–H groups in total. The number of benzene rings is 1. The van der Waals surface area contributed by atoms with Crippen LogP contribution in [-0.2, 0) is 16.0 Å². The molecule has 0 spiro atoms. The number of carbonyl (C=O) groups is 2. The van der Waals surface area contributed by atoms with Crippen molar-refractivity contribution in [1.29, 1.82) is 0 Å². The zero-order chi connectivity index (χ0) is 24.6. The second-order valence-corrected chi connectivity index (χ2v) is 10.1. The molecular weight excluding hydrogens is 460 g/mol. The summed E-state index contributed by atoms with van der Waals surface area (Å²) in [5.41, 5.74) is 2.03. The van der Waals surface area contributed by atoms with Gasteiger partial charge in [-0.15, -0.1) is 11.3 Å². The topological polar surface area (TPSA) is 86.5 Å². The fourth-order valence-corrected chi connectivity index (χ4v) is 5.66. The van der Waals surface area contributed by atoms with Crippen LogP contribution in [0.3, 0.4) is 0 Å². The number of H-pyrrole nitrogens is 1. The lowest BCUT2D eigenvalue weighted by Gasteiger charge is -2.39. The summed E-state index contributed by atoms with van der Waals surface area (Å²) in [6.07, 6.45) is 4.47. The van der Waals surface area contributed by atoms with E-state index in [9.17, 15) is 9.59 Å². The number of hydrogen-bond donors (Lipinski definition) is 3. The Hall–Kier alpha value is -2.68. The lowest BCUT2D eigenvalue weighted by molar-refractivity contribution is -0.123. The predicted molar refractivity (Wildman–Crippen MR) is 141 cm³/mol. The Bertz CT molecular complexity index is 1090. The number of para-hydroxylation sites is 1. The van der Waals surface area contributed by atoms with Gasteiger partial charge in [-0.1, -0.05) is 51.0 Å². The van der Waals surface area contributed by atoms with Gasteiger partial charge in [0.05, 0.1) is 18.1 Å². The zero-order valence-corrected chi connectivity index (χ0v) is 21.4. The van der Waals surface area contributed by atoms with E-state index >= 15 is 0 Å². The van der Waals surface area contributed by atoms with Crippen molar-refractivity contribution in [3.05, 3.63) is 58.4 Å². The lowest BCUT2D eigenvalue weighted by atomic mass is 9.92. The third-order valence-electron chi connectivity index (χ3n) is 7.06. The minimum Gasteiger partial charge on any atom is -0.379 e. The van der Waals surface area contributed by atoms with Crippen molar-refractivity contribution in [1.82, 2.24) is 20.5 Å². The van der Waals surface area contributed by atoms with E-state index in [1.165, 1.54) is 11.3 Å². The predicted octanol–water partition coefficient (Wildman–Crippen LogP) is 3.82. The van der Waals surface area contributed by atoms with E-state index in [-0.39, 0.29) is 17.9 Å². The number of fused-ring (bicyclic) bond motifs is 1. The average Bonchev–Trinajstić information content (AvgIpc) is 3.57. The van der Waals surface area contributed by atoms with Crippen molar-refractivity contribution in [2.24, 2.45) is 5.92 Å². The number of carbonyl (C=O) groups excluding carboxylic acids is 2. The van der Waals surface area contributed by atoms with E-state index < -0.39 is 6.04 Å². The molecular formula is C27H36N4O3S. The molecule has 2 aromatic heterocycles. The second kappa shape index (κ2) is 12.3. The normalized spacial score (nSPS) is 16.3. The zero-order valence-electron chi connectivity index (χ0n) is 20.6. The van der Waals surface area contributed by atoms with Crippen LogP contribution in [0.4, 0.5) is 0 Å². The first kappa shape index (κ1) is 25.4. The maximum absolute atomic E-state index is 13.5. The maximum Gasteiger partial charge on any atom is 0.262 e. The first-order valence-corrected chi connectivity index (χ1v) is 13.5. The van der Waals surface area contributed by atoms with E-state index in [0.29, 0.717) is 23.8 Å². The van der Waals surface area contributed by atoms with Gasteiger partial charge in [0.25, 0.3) is 5.91 Å². The van der Waals surface area contributed by atoms with Crippen LogP contribution >= 0.6 is 11.3 Å². The molecule has 2 atom stereocenters. The van der Waals surface area contributed by atoms with Crippen LogP contribution in [0.25, 0.3) is 10.9 Å². The van der Waals surface area contributed by atoms with E-state index in [0.717, 1.165) is 55.6 Å². The Labute approximate surface area is 211 Å². The van der Waals surface area contributed by atoms with Crippen LogP contribution in [0.2, 0.25) is 0 Å². The highest BCUT2D eigenvalue weighted by Gasteiger charge is 2.29. The molecule has 3 heterocycles. The molecule has 0 radical (unpaired) electrons. The van der Waals surface area contributed by atoms with Crippen molar-refractivity contribution in [2.75, 3.05) is 32.8 Å². The molecule has 0 bridgehead atoms. The summed E-state index contributed by atoms with van der Waals surface area (Å²) in [4.78, 5) is 32.7. The maximum atomic E-state index is 13.5. The number of thiophene rings is 1. The van der Waals surface area contributed by atoms with Crippen molar-refractivity contribution in [3.63, 3.8) is 0 Å². The minimum absolute atomic E-state index is 0.149. The Balaban J connectivity index is 1.50. The standard InChI is InChI=1S/C27H36N4O3S/c1-3-19(4-2)24(31-11-13-34-14-12-31)18-29-26(32)23(30-27(33)25-10-7-15-35-25)16-20-17-28-22-9-6-5-8-21(20)22/h5-10,15,17,19,23-24,28H,3-4,11-14,16,18H2,1-2H3,(H,29,32)(H,30,33). The molecule has 1 saturated heterocycles. The van der Waals surface area contributed by atoms with Gasteiger partial charge in [0.2, 0.25) is 5.91 Å². The molecule has 1 aliphatic rings. The van der Waals surface area contributed by atoms with Gasteiger partial charge >= 0.3 is 0 Å². The van der Waals surface area contributed by atoms with Crippen LogP contribution < -0.4 is 10.6 Å². The minimum atomic E-state index is -0.671. The Morgan fingerprint density at radius 2 is 1.89 bits per heavy atom. The molecule has 4 rings (SSSR count). The molecule has 8 heteroatoms. The van der Waals surface area contributed by atoms with Crippen molar-refractivity contribution in [3.8, 4) is 0 Å². The Morgan fingerprint density at radius 3 is 2.60 bits per heavy atom. The number of nitrogens with zero attached hydrogens (tertiary/aromatic N) is 1. The van der Waals surface area contributed by atoms with Crippen molar-refractivity contribution in [2.45, 2.75) is 45.2 Å². The van der Waals surface area contributed by atoms with Crippen LogP contribution in [-0.4, -0.2) is 66.6 Å². The number of aromatic nitrogens is 1. The number of hydrogen-bond acceptors (Lipinski definition) is 5. The van der Waals surface area contributed by atoms with Gasteiger partial charge in [-0.2, -0.15) is 0 Å². The summed E-state index contributed by atoms with van der Waals surface area (Å²) < 4.78 is 5.56. The van der Waals surface area contributed by atoms with Crippen LogP contribution in [0.15, 0.2) is 48.0 Å². The molecule has 1 aliphatic heterocycles. The smallest absolute Gasteiger partial charge is 0.262 e. The molecule has 188 valence electrons. The Kier molecular flexibility index (Phi) is 8.95. The van der Waals surface area contributed by atoms with Crippen molar-refractivity contribution < 1.29 is 14.3 Å². The van der Waals surface area contributed by atoms with E-state index in [4.69, 9.17) is 4.74 Å². The third-order valence-corrected chi connectivity index (χ3v) is 7.93. The largest absolute Gasteiger partial charge is 0.379 e. The number of nitrogens with one attached hydrogen (secondary N) is 3. The summed E-state index contributed by atoms with van der Waals surface area (Å²) in [5.74, 6) is 0.121. The number of rotatable bonds is 11. The summed E-state index contributed by atoms with van der Waals surface area (Å²) in [7, 11) is 0. The highest BCUT2D eigenvalue weighted by molar-refractivity contribution is 7.12. The SMILES string of the molecule is CCC(CC)C(CNC(=O)C(Cc1c[nH]c2ccccc12)NC(=O)c1cccs1)N1CCOCC1. The van der Waals surface area contributed by atoms with Gasteiger partial charge in [0, 0.05) is 49.2 Å². The van der Waals surface area contributed by atoms with Gasteiger partial charge in [-0.3, -0.25) is 14.5 Å². The monoisotopic (exact) mass is 496 g/mol. The molecule has 7 nitrogen and oxygen atoms in total. The summed E-state index contributed by atoms with van der Waals surface area (Å²) in [6.45, 7) is 8.20. The van der Waals surface area contributed by atoms with Crippen LogP contribution in [0.5, 0.6) is 0 Å². The highest BCUT2D eigenvalue weighted by Crippen LogP contribution is 2.21. The number of morpholine rings is 1. The number of ether oxygens (including phenoxy) is 1. The second-order valence-electron chi connectivity index (χ2n) is 9.10. The summed E-state index contributed by atoms with van der Waals surface area (Å²) in [6, 6.07) is 11.2. The van der Waals surface area contributed by atoms with Gasteiger partial charge in [-0.05, 0) is 29.0 Å². The molecule has 3 aromatic rings. The van der Waals surface area contributed by atoms with Crippen LogP contribution in [0, 0.1) is 5.92 Å². The van der Waals surface area contributed by atoms with Crippen LogP contribution in [0.1, 0.15) is 41.9 Å². The lowest BCUT2D eigenvalue weighted by Crippen LogP contribution is -2.55. The molecule has 0 aliphatic carbocycles. The number of amides is 2. The average molecular weight is 497 g/mol. The third kappa shape index (κ3) is 6.31. The molecule has 2 amide bonds. The van der Waals surface area contributed by atoms with Gasteiger partial charge < -0.3 is 20.4 Å². The quantitative estimate of drug-likeness (QED) is 0.377. The first-order valence-electron chi connectivity index (χ1n) is 12.6. The first-order chi connectivity index (χ1) is 17.1. The molecule has 35 heavy (non-hydrogen) atoms. The van der Waals surface area contributed by atoms with E-state index in [1.807, 2.05) is 41.9 Å². The molecule has 2 unspecified atom stereocenters. The van der Waals surface area contributed by atoms with Crippen molar-refractivity contribution >= 4 is 34.1 Å². The number of aromatic amines is 1. The van der Waals surface area contributed by atoms with E-state index in [2.05, 4.69) is 34.4 Å². The summed E-state index contributed by atoms with van der Waals surface area (Å²) in [5, 5.41) is 9.13. The molecule has 1 fully saturated rings. The fourth-order valence-electron chi connectivity index (χ4n) is 5.03. The highest BCUT2D eigenvalue weighted by atomic mass is 32.1. The van der Waals surface area contributed by atoms with Gasteiger partial charge in [0.15, 0.2) is 0 Å².